The van der Waals surface area contributed by atoms with Gasteiger partial charge in [0.05, 0.1) is 28.8 Å². The summed E-state index contributed by atoms with van der Waals surface area (Å²) in [5.74, 6) is -1.56. The van der Waals surface area contributed by atoms with Gasteiger partial charge in [0.25, 0.3) is 5.91 Å². The molecule has 0 fully saturated rings. The van der Waals surface area contributed by atoms with Crippen molar-refractivity contribution in [3.63, 3.8) is 0 Å². The molecule has 1 heterocycles. The second-order valence-electron chi connectivity index (χ2n) is 6.47. The number of hydrogen-bond acceptors (Lipinski definition) is 4. The van der Waals surface area contributed by atoms with Crippen LogP contribution >= 0.6 is 11.6 Å². The van der Waals surface area contributed by atoms with E-state index in [1.54, 1.807) is 4.90 Å². The second-order valence-corrected chi connectivity index (χ2v) is 6.87. The molecule has 1 amide bonds. The van der Waals surface area contributed by atoms with E-state index < -0.39 is 35.1 Å². The van der Waals surface area contributed by atoms with Crippen molar-refractivity contribution in [1.82, 2.24) is 0 Å². The van der Waals surface area contributed by atoms with E-state index in [0.717, 1.165) is 17.7 Å². The van der Waals surface area contributed by atoms with Gasteiger partial charge in [-0.05, 0) is 42.3 Å². The SMILES string of the molecule is C#C.N#Cc1ccc(NC(=O)[C@@H](O)CN2CCc3cc(Cl)c(F)cc32)cc1C(F)(F)F. The Morgan fingerprint density at radius 3 is 2.61 bits per heavy atom. The number of carbonyl (C=O) groups excluding carboxylic acids is 1. The smallest absolute Gasteiger partial charge is 0.381 e. The standard InChI is InChI=1S/C19H14ClF4N3O2.C2H2/c20-14-5-10-3-4-27(16(10)7-15(14)21)9-17(28)18(29)26-12-2-1-11(8-25)13(6-12)19(22,23)24;1-2/h1-2,5-7,17,28H,3-4,9H2,(H,26,29);1-2H/t17-;/m0./s1. The Morgan fingerprint density at radius 1 is 1.32 bits per heavy atom. The summed E-state index contributed by atoms with van der Waals surface area (Å²) in [5, 5.41) is 21.2. The van der Waals surface area contributed by atoms with Gasteiger partial charge in [0, 0.05) is 17.9 Å². The number of nitriles is 1. The second kappa shape index (κ2) is 9.69. The summed E-state index contributed by atoms with van der Waals surface area (Å²) in [6, 6.07) is 6.85. The molecule has 0 unspecified atom stereocenters. The lowest BCUT2D eigenvalue weighted by Crippen LogP contribution is -2.39. The molecule has 0 aromatic heterocycles. The number of benzene rings is 2. The minimum Gasteiger partial charge on any atom is -0.381 e. The number of amides is 1. The maximum Gasteiger partial charge on any atom is 0.417 e. The fourth-order valence-corrected chi connectivity index (χ4v) is 3.30. The molecule has 0 bridgehead atoms. The number of carbonyl (C=O) groups is 1. The lowest BCUT2D eigenvalue weighted by atomic mass is 10.1. The molecule has 162 valence electrons. The van der Waals surface area contributed by atoms with Gasteiger partial charge >= 0.3 is 6.18 Å². The van der Waals surface area contributed by atoms with Crippen LogP contribution in [0.25, 0.3) is 0 Å². The van der Waals surface area contributed by atoms with Crippen molar-refractivity contribution >= 4 is 28.9 Å². The minimum atomic E-state index is -4.77. The van der Waals surface area contributed by atoms with E-state index >= 15 is 0 Å². The third kappa shape index (κ3) is 5.46. The van der Waals surface area contributed by atoms with Crippen molar-refractivity contribution < 1.29 is 27.5 Å². The van der Waals surface area contributed by atoms with Crippen molar-refractivity contribution in [3.8, 4) is 18.9 Å². The minimum absolute atomic E-state index is 0.0230. The zero-order chi connectivity index (χ0) is 23.3. The van der Waals surface area contributed by atoms with Crippen molar-refractivity contribution in [2.75, 3.05) is 23.3 Å². The Labute approximate surface area is 180 Å². The van der Waals surface area contributed by atoms with Crippen LogP contribution in [0.4, 0.5) is 28.9 Å². The zero-order valence-electron chi connectivity index (χ0n) is 15.9. The number of halogens is 5. The molecular weight excluding hydrogens is 438 g/mol. The fourth-order valence-electron chi connectivity index (χ4n) is 3.11. The van der Waals surface area contributed by atoms with Gasteiger partial charge in [0.2, 0.25) is 0 Å². The number of anilines is 2. The largest absolute Gasteiger partial charge is 0.417 e. The third-order valence-corrected chi connectivity index (χ3v) is 4.81. The van der Waals surface area contributed by atoms with Crippen molar-refractivity contribution in [2.24, 2.45) is 0 Å². The lowest BCUT2D eigenvalue weighted by molar-refractivity contribution is -0.137. The molecular formula is C21H16ClF4N3O2. The maximum absolute atomic E-state index is 13.7. The van der Waals surface area contributed by atoms with Gasteiger partial charge in [0.1, 0.15) is 5.82 Å². The van der Waals surface area contributed by atoms with Crippen molar-refractivity contribution in [3.05, 3.63) is 57.9 Å². The van der Waals surface area contributed by atoms with Crippen LogP contribution in [-0.2, 0) is 17.4 Å². The van der Waals surface area contributed by atoms with Crippen LogP contribution in [0.5, 0.6) is 0 Å². The number of alkyl halides is 3. The summed E-state index contributed by atoms with van der Waals surface area (Å²) in [6.07, 6.45) is 2.20. The predicted molar refractivity (Wildman–Crippen MR) is 108 cm³/mol. The van der Waals surface area contributed by atoms with Crippen LogP contribution < -0.4 is 10.2 Å². The van der Waals surface area contributed by atoms with Gasteiger partial charge in [0.15, 0.2) is 6.10 Å². The molecule has 1 aliphatic rings. The Balaban J connectivity index is 0.00000166. The molecule has 3 rings (SSSR count). The quantitative estimate of drug-likeness (QED) is 0.542. The summed E-state index contributed by atoms with van der Waals surface area (Å²) in [4.78, 5) is 13.8. The first-order valence-electron chi connectivity index (χ1n) is 8.76. The molecule has 10 heteroatoms. The Morgan fingerprint density at radius 2 is 2.00 bits per heavy atom. The number of terminal acetylenes is 1. The average Bonchev–Trinajstić information content (AvgIpc) is 3.10. The topological polar surface area (TPSA) is 76.4 Å². The van der Waals surface area contributed by atoms with Gasteiger partial charge in [-0.15, -0.1) is 12.8 Å². The number of nitrogens with one attached hydrogen (secondary N) is 1. The van der Waals surface area contributed by atoms with E-state index in [9.17, 15) is 27.5 Å². The molecule has 0 aliphatic carbocycles. The van der Waals surface area contributed by atoms with Crippen molar-refractivity contribution in [1.29, 1.82) is 5.26 Å². The highest BCUT2D eigenvalue weighted by atomic mass is 35.5. The summed E-state index contributed by atoms with van der Waals surface area (Å²) in [7, 11) is 0. The van der Waals surface area contributed by atoms with Crippen molar-refractivity contribution in [2.45, 2.75) is 18.7 Å². The van der Waals surface area contributed by atoms with E-state index in [4.69, 9.17) is 16.9 Å². The number of nitrogens with zero attached hydrogens (tertiary/aromatic N) is 2. The first-order valence-corrected chi connectivity index (χ1v) is 9.14. The van der Waals surface area contributed by atoms with E-state index in [2.05, 4.69) is 18.2 Å². The van der Waals surface area contributed by atoms with E-state index in [0.29, 0.717) is 24.7 Å². The van der Waals surface area contributed by atoms with Crippen LogP contribution in [0.15, 0.2) is 30.3 Å². The molecule has 0 spiro atoms. The van der Waals surface area contributed by atoms with Crippen LogP contribution in [0, 0.1) is 30.0 Å². The molecule has 1 atom stereocenters. The van der Waals surface area contributed by atoms with E-state index in [1.807, 2.05) is 0 Å². The molecule has 0 radical (unpaired) electrons. The molecule has 2 N–H and O–H groups in total. The summed E-state index contributed by atoms with van der Waals surface area (Å²) >= 11 is 5.75. The summed E-state index contributed by atoms with van der Waals surface area (Å²) in [5.41, 5.74) is -0.707. The predicted octanol–water partition coefficient (Wildman–Crippen LogP) is 3.98. The molecule has 0 saturated heterocycles. The molecule has 2 aromatic carbocycles. The van der Waals surface area contributed by atoms with Gasteiger partial charge in [-0.1, -0.05) is 11.6 Å². The third-order valence-electron chi connectivity index (χ3n) is 4.52. The molecule has 5 nitrogen and oxygen atoms in total. The monoisotopic (exact) mass is 453 g/mol. The Kier molecular flexibility index (Phi) is 7.50. The normalized spacial score (nSPS) is 13.5. The number of aliphatic hydroxyl groups excluding tert-OH is 1. The van der Waals surface area contributed by atoms with Crippen LogP contribution in [0.3, 0.4) is 0 Å². The summed E-state index contributed by atoms with van der Waals surface area (Å²) in [6.45, 7) is 0.247. The fraction of sp³-hybridized carbons (Fsp3) is 0.238. The highest BCUT2D eigenvalue weighted by Gasteiger charge is 2.34. The maximum atomic E-state index is 13.7. The van der Waals surface area contributed by atoms with Crippen LogP contribution in [0.2, 0.25) is 5.02 Å². The molecule has 0 saturated carbocycles. The summed E-state index contributed by atoms with van der Waals surface area (Å²) < 4.78 is 52.8. The lowest BCUT2D eigenvalue weighted by Gasteiger charge is -2.22. The average molecular weight is 454 g/mol. The molecule has 2 aromatic rings. The number of aliphatic hydroxyl groups is 1. The molecule has 31 heavy (non-hydrogen) atoms. The van der Waals surface area contributed by atoms with Crippen LogP contribution in [-0.4, -0.2) is 30.2 Å². The highest BCUT2D eigenvalue weighted by molar-refractivity contribution is 6.30. The zero-order valence-corrected chi connectivity index (χ0v) is 16.6. The van der Waals surface area contributed by atoms with E-state index in [-0.39, 0.29) is 17.3 Å². The van der Waals surface area contributed by atoms with Gasteiger partial charge < -0.3 is 15.3 Å². The van der Waals surface area contributed by atoms with Gasteiger partial charge in [-0.25, -0.2) is 4.39 Å². The van der Waals surface area contributed by atoms with Gasteiger partial charge in [-0.3, -0.25) is 4.79 Å². The first-order chi connectivity index (χ1) is 14.6. The Bertz CT molecular complexity index is 1050. The van der Waals surface area contributed by atoms with E-state index in [1.165, 1.54) is 18.2 Å². The number of hydrogen-bond donors (Lipinski definition) is 2. The number of β-amino-alcohol motifs (C(OH)–C–C–N with tert-alkyl or cyclic N) is 1. The first kappa shape index (κ1) is 24.0. The van der Waals surface area contributed by atoms with Gasteiger partial charge in [-0.2, -0.15) is 18.4 Å². The molecule has 1 aliphatic heterocycles. The highest BCUT2D eigenvalue weighted by Crippen LogP contribution is 2.34. The Hall–Kier alpha value is -3.27. The number of fused-ring (bicyclic) bond motifs is 1. The number of rotatable bonds is 4. The van der Waals surface area contributed by atoms with Crippen LogP contribution in [0.1, 0.15) is 16.7 Å².